The second-order valence-corrected chi connectivity index (χ2v) is 9.73. The molecule has 0 heterocycles. The van der Waals surface area contributed by atoms with E-state index in [1.165, 1.54) is 4.90 Å². The van der Waals surface area contributed by atoms with Crippen LogP contribution in [0.2, 0.25) is 5.02 Å². The van der Waals surface area contributed by atoms with Gasteiger partial charge in [-0.3, -0.25) is 13.9 Å². The highest BCUT2D eigenvalue weighted by Gasteiger charge is 2.31. The molecule has 0 saturated carbocycles. The molecule has 2 rings (SSSR count). The molecule has 0 aliphatic rings. The van der Waals surface area contributed by atoms with Crippen LogP contribution >= 0.6 is 11.6 Å². The summed E-state index contributed by atoms with van der Waals surface area (Å²) in [4.78, 5) is 27.5. The molecule has 2 aromatic rings. The number of hydrogen-bond acceptors (Lipinski definition) is 4. The third-order valence-corrected chi connectivity index (χ3v) is 6.41. The van der Waals surface area contributed by atoms with Gasteiger partial charge in [-0.2, -0.15) is 0 Å². The number of likely N-dealkylation sites (N-methyl/N-ethyl adjacent to an activating group) is 1. The molecule has 0 aliphatic carbocycles. The Morgan fingerprint density at radius 2 is 1.66 bits per heavy atom. The first-order chi connectivity index (χ1) is 15.2. The largest absolute Gasteiger partial charge is 0.355 e. The van der Waals surface area contributed by atoms with Crippen LogP contribution in [0, 0.1) is 0 Å². The molecule has 0 radical (unpaired) electrons. The molecule has 0 bridgehead atoms. The predicted octanol–water partition coefficient (Wildman–Crippen LogP) is 3.09. The van der Waals surface area contributed by atoms with Gasteiger partial charge in [0.05, 0.1) is 11.9 Å². The van der Waals surface area contributed by atoms with Crippen molar-refractivity contribution in [2.45, 2.75) is 32.7 Å². The molecule has 0 aliphatic heterocycles. The Hall–Kier alpha value is -2.58. The molecule has 9 heteroatoms. The fourth-order valence-electron chi connectivity index (χ4n) is 3.41. The Balaban J connectivity index is 2.33. The van der Waals surface area contributed by atoms with E-state index < -0.39 is 28.5 Å². The summed E-state index contributed by atoms with van der Waals surface area (Å²) in [5.74, 6) is -0.701. The average Bonchev–Trinajstić information content (AvgIpc) is 2.75. The van der Waals surface area contributed by atoms with Gasteiger partial charge in [0.1, 0.15) is 12.6 Å². The Kier molecular flexibility index (Phi) is 9.53. The van der Waals surface area contributed by atoms with E-state index >= 15 is 0 Å². The molecule has 32 heavy (non-hydrogen) atoms. The molecular weight excluding hydrogens is 450 g/mol. The van der Waals surface area contributed by atoms with Crippen LogP contribution in [-0.2, 0) is 26.0 Å². The molecule has 0 unspecified atom stereocenters. The Morgan fingerprint density at radius 1 is 1.03 bits per heavy atom. The monoisotopic (exact) mass is 479 g/mol. The number of carbonyl (C=O) groups excluding carboxylic acids is 2. The zero-order valence-corrected chi connectivity index (χ0v) is 20.2. The lowest BCUT2D eigenvalue weighted by atomic mass is 10.1. The van der Waals surface area contributed by atoms with Gasteiger partial charge in [0, 0.05) is 18.1 Å². The number of benzene rings is 2. The minimum atomic E-state index is -3.75. The topological polar surface area (TPSA) is 86.8 Å². The number of sulfonamides is 1. The lowest BCUT2D eigenvalue weighted by Gasteiger charge is -2.32. The number of amides is 2. The highest BCUT2D eigenvalue weighted by atomic mass is 35.5. The molecule has 1 N–H and O–H groups in total. The number of carbonyl (C=O) groups is 2. The number of nitrogens with one attached hydrogen (secondary N) is 1. The van der Waals surface area contributed by atoms with Gasteiger partial charge in [-0.15, -0.1) is 0 Å². The minimum Gasteiger partial charge on any atom is -0.355 e. The number of rotatable bonds is 11. The standard InChI is InChI=1S/C23H30ClN3O4S/c1-4-21(23(29)25-5-2)26(16-15-18-9-7-6-8-10-18)22(28)17-27(32(3,30)31)20-13-11-19(24)12-14-20/h6-14,21H,4-5,15-17H2,1-3H3,(H,25,29)/t21-/m0/s1. The molecule has 0 saturated heterocycles. The van der Waals surface area contributed by atoms with Crippen LogP contribution in [-0.4, -0.2) is 57.1 Å². The van der Waals surface area contributed by atoms with Gasteiger partial charge in [-0.1, -0.05) is 48.9 Å². The van der Waals surface area contributed by atoms with Gasteiger partial charge in [0.2, 0.25) is 21.8 Å². The maximum atomic E-state index is 13.4. The fraction of sp³-hybridized carbons (Fsp3) is 0.391. The van der Waals surface area contributed by atoms with E-state index in [0.29, 0.717) is 30.1 Å². The molecule has 2 amide bonds. The molecule has 174 valence electrons. The van der Waals surface area contributed by atoms with Crippen LogP contribution in [0.4, 0.5) is 5.69 Å². The van der Waals surface area contributed by atoms with E-state index in [1.54, 1.807) is 24.3 Å². The SMILES string of the molecule is CCNC(=O)[C@H](CC)N(CCc1ccccc1)C(=O)CN(c1ccc(Cl)cc1)S(C)(=O)=O. The van der Waals surface area contributed by atoms with Crippen LogP contribution in [0.15, 0.2) is 54.6 Å². The summed E-state index contributed by atoms with van der Waals surface area (Å²) in [7, 11) is -3.75. The number of hydrogen-bond donors (Lipinski definition) is 1. The first-order valence-corrected chi connectivity index (χ1v) is 12.7. The summed E-state index contributed by atoms with van der Waals surface area (Å²) in [6.07, 6.45) is 2.00. The molecule has 2 aromatic carbocycles. The van der Waals surface area contributed by atoms with Crippen molar-refractivity contribution in [2.75, 3.05) is 30.2 Å². The minimum absolute atomic E-state index is 0.256. The van der Waals surface area contributed by atoms with Gasteiger partial charge < -0.3 is 10.2 Å². The third-order valence-electron chi connectivity index (χ3n) is 5.01. The number of anilines is 1. The summed E-state index contributed by atoms with van der Waals surface area (Å²) in [6.45, 7) is 3.96. The second kappa shape index (κ2) is 11.9. The van der Waals surface area contributed by atoms with Crippen LogP contribution in [0.5, 0.6) is 0 Å². The molecule has 0 spiro atoms. The first-order valence-electron chi connectivity index (χ1n) is 10.5. The highest BCUT2D eigenvalue weighted by Crippen LogP contribution is 2.21. The van der Waals surface area contributed by atoms with Crippen molar-refractivity contribution in [1.29, 1.82) is 0 Å². The van der Waals surface area contributed by atoms with E-state index in [1.807, 2.05) is 44.2 Å². The highest BCUT2D eigenvalue weighted by molar-refractivity contribution is 7.92. The maximum Gasteiger partial charge on any atom is 0.244 e. The van der Waals surface area contributed by atoms with E-state index in [0.717, 1.165) is 16.1 Å². The van der Waals surface area contributed by atoms with Crippen molar-refractivity contribution in [3.63, 3.8) is 0 Å². The van der Waals surface area contributed by atoms with Crippen LogP contribution in [0.25, 0.3) is 0 Å². The van der Waals surface area contributed by atoms with E-state index in [4.69, 9.17) is 11.6 Å². The number of nitrogens with zero attached hydrogens (tertiary/aromatic N) is 2. The van der Waals surface area contributed by atoms with Gasteiger partial charge >= 0.3 is 0 Å². The lowest BCUT2D eigenvalue weighted by molar-refractivity contribution is -0.139. The molecule has 1 atom stereocenters. The Labute approximate surface area is 195 Å². The van der Waals surface area contributed by atoms with Gasteiger partial charge in [0.15, 0.2) is 0 Å². The van der Waals surface area contributed by atoms with Crippen molar-refractivity contribution in [3.8, 4) is 0 Å². The van der Waals surface area contributed by atoms with Gasteiger partial charge in [0.25, 0.3) is 0 Å². The zero-order chi connectivity index (χ0) is 23.7. The molecule has 0 fully saturated rings. The molecular formula is C23H30ClN3O4S. The van der Waals surface area contributed by atoms with Crippen LogP contribution in [0.3, 0.4) is 0 Å². The fourth-order valence-corrected chi connectivity index (χ4v) is 4.38. The summed E-state index contributed by atoms with van der Waals surface area (Å²) in [5, 5.41) is 3.23. The van der Waals surface area contributed by atoms with Crippen molar-refractivity contribution < 1.29 is 18.0 Å². The van der Waals surface area contributed by atoms with Crippen molar-refractivity contribution in [1.82, 2.24) is 10.2 Å². The summed E-state index contributed by atoms with van der Waals surface area (Å²) in [6, 6.07) is 15.2. The smallest absolute Gasteiger partial charge is 0.244 e. The van der Waals surface area contributed by atoms with Crippen LogP contribution in [0.1, 0.15) is 25.8 Å². The Morgan fingerprint density at radius 3 is 2.19 bits per heavy atom. The zero-order valence-electron chi connectivity index (χ0n) is 18.6. The van der Waals surface area contributed by atoms with Crippen LogP contribution < -0.4 is 9.62 Å². The van der Waals surface area contributed by atoms with Crippen molar-refractivity contribution in [2.24, 2.45) is 0 Å². The third kappa shape index (κ3) is 7.24. The normalized spacial score (nSPS) is 12.1. The van der Waals surface area contributed by atoms with E-state index in [2.05, 4.69) is 5.32 Å². The van der Waals surface area contributed by atoms with E-state index in [9.17, 15) is 18.0 Å². The summed E-state index contributed by atoms with van der Waals surface area (Å²) >= 11 is 5.92. The lowest BCUT2D eigenvalue weighted by Crippen LogP contribution is -2.53. The molecule has 7 nitrogen and oxygen atoms in total. The van der Waals surface area contributed by atoms with Crippen molar-refractivity contribution in [3.05, 3.63) is 65.2 Å². The van der Waals surface area contributed by atoms with Crippen molar-refractivity contribution >= 4 is 39.1 Å². The maximum absolute atomic E-state index is 13.4. The Bertz CT molecular complexity index is 998. The van der Waals surface area contributed by atoms with Gasteiger partial charge in [-0.25, -0.2) is 8.42 Å². The second-order valence-electron chi connectivity index (χ2n) is 7.39. The first kappa shape index (κ1) is 25.7. The van der Waals surface area contributed by atoms with E-state index in [-0.39, 0.29) is 12.5 Å². The predicted molar refractivity (Wildman–Crippen MR) is 128 cm³/mol. The quantitative estimate of drug-likeness (QED) is 0.536. The van der Waals surface area contributed by atoms with Gasteiger partial charge in [-0.05, 0) is 49.6 Å². The molecule has 0 aromatic heterocycles. The summed E-state index contributed by atoms with van der Waals surface area (Å²) in [5.41, 5.74) is 1.35. The summed E-state index contributed by atoms with van der Waals surface area (Å²) < 4.78 is 26.0. The number of halogens is 1. The average molecular weight is 480 g/mol.